The average Bonchev–Trinajstić information content (AvgIpc) is 3.57. The number of carbonyl (C=O) groups excluding carboxylic acids is 1. The smallest absolute Gasteiger partial charge is 0.324 e. The van der Waals surface area contributed by atoms with Crippen LogP contribution in [-0.4, -0.2) is 48.4 Å². The van der Waals surface area contributed by atoms with Gasteiger partial charge in [0.25, 0.3) is 0 Å². The van der Waals surface area contributed by atoms with Gasteiger partial charge in [-0.05, 0) is 34.4 Å². The molecule has 9 nitrogen and oxygen atoms in total. The van der Waals surface area contributed by atoms with Crippen LogP contribution in [0.1, 0.15) is 43.0 Å². The molecule has 2 atom stereocenters. The Kier molecular flexibility index (Phi) is 8.74. The zero-order chi connectivity index (χ0) is 25.5. The third kappa shape index (κ3) is 6.13. The molecule has 0 radical (unpaired) electrons. The molecular weight excluding hydrogens is 498 g/mol. The van der Waals surface area contributed by atoms with Crippen molar-refractivity contribution in [1.29, 1.82) is 0 Å². The first-order chi connectivity index (χ1) is 17.5. The fourth-order valence-electron chi connectivity index (χ4n) is 3.86. The molecule has 2 heterocycles. The molecular formula is C25H28ClN7O2S. The minimum absolute atomic E-state index is 0.164. The lowest BCUT2D eigenvalue weighted by molar-refractivity contribution is -0.150. The number of ether oxygens (including phenoxy) is 1. The lowest BCUT2D eigenvalue weighted by atomic mass is 9.95. The van der Waals surface area contributed by atoms with E-state index < -0.39 is 18.1 Å². The maximum atomic E-state index is 12.6. The number of aromatic amines is 2. The van der Waals surface area contributed by atoms with Crippen LogP contribution in [0.15, 0.2) is 48.5 Å². The van der Waals surface area contributed by atoms with Crippen LogP contribution < -0.4 is 5.73 Å². The van der Waals surface area contributed by atoms with Crippen molar-refractivity contribution in [1.82, 2.24) is 30.6 Å². The highest BCUT2D eigenvalue weighted by Gasteiger charge is 2.26. The highest BCUT2D eigenvalue weighted by atomic mass is 35.5. The number of esters is 1. The van der Waals surface area contributed by atoms with E-state index in [1.165, 1.54) is 0 Å². The molecule has 0 aliphatic carbocycles. The van der Waals surface area contributed by atoms with Gasteiger partial charge >= 0.3 is 5.97 Å². The first kappa shape index (κ1) is 25.9. The highest BCUT2D eigenvalue weighted by Crippen LogP contribution is 2.34. The maximum Gasteiger partial charge on any atom is 0.324 e. The molecule has 2 aromatic heterocycles. The van der Waals surface area contributed by atoms with Crippen molar-refractivity contribution in [3.63, 3.8) is 0 Å². The Labute approximate surface area is 219 Å². The Hall–Kier alpha value is -3.21. The minimum atomic E-state index is -0.854. The number of H-pyrrole nitrogens is 2. The quantitative estimate of drug-likeness (QED) is 0.169. The molecule has 36 heavy (non-hydrogen) atoms. The van der Waals surface area contributed by atoms with Gasteiger partial charge in [0.1, 0.15) is 18.0 Å². The van der Waals surface area contributed by atoms with Crippen LogP contribution in [0.5, 0.6) is 0 Å². The Morgan fingerprint density at radius 2 is 2.00 bits per heavy atom. The van der Waals surface area contributed by atoms with Crippen LogP contribution >= 0.6 is 24.2 Å². The standard InChI is InChI=1S/C25H28ClN7O2S/c1-2-3-9-21-28-22(23(26)29-21)20(35-25(34)19(27)14-36)13-15-10-11-17(16-7-5-4-6-8-16)18(12-15)24-30-32-33-31-24/h4-8,10-12,19-20,36H,2-3,9,13-14,27H2,1H3,(H,28,29)(H,30,31,32,33)/t19-,20+/m0/s1. The van der Waals surface area contributed by atoms with Crippen LogP contribution in [0.25, 0.3) is 22.5 Å². The lowest BCUT2D eigenvalue weighted by Gasteiger charge is -2.20. The van der Waals surface area contributed by atoms with Crippen LogP contribution in [0.2, 0.25) is 5.15 Å². The van der Waals surface area contributed by atoms with Gasteiger partial charge in [0, 0.05) is 24.2 Å². The number of halogens is 1. The zero-order valence-electron chi connectivity index (χ0n) is 19.8. The molecule has 0 amide bonds. The molecule has 0 fully saturated rings. The molecule has 188 valence electrons. The van der Waals surface area contributed by atoms with E-state index in [2.05, 4.69) is 50.1 Å². The van der Waals surface area contributed by atoms with E-state index in [4.69, 9.17) is 22.1 Å². The summed E-state index contributed by atoms with van der Waals surface area (Å²) in [7, 11) is 0. The van der Waals surface area contributed by atoms with Crippen LogP contribution in [0.4, 0.5) is 0 Å². The number of carbonyl (C=O) groups is 1. The van der Waals surface area contributed by atoms with Crippen molar-refractivity contribution < 1.29 is 9.53 Å². The molecule has 0 saturated heterocycles. The number of thiol groups is 1. The van der Waals surface area contributed by atoms with E-state index in [1.54, 1.807) is 0 Å². The molecule has 4 rings (SSSR count). The maximum absolute atomic E-state index is 12.6. The fraction of sp³-hybridized carbons (Fsp3) is 0.320. The average molecular weight is 526 g/mol. The molecule has 0 spiro atoms. The molecule has 4 aromatic rings. The Morgan fingerprint density at radius 1 is 1.19 bits per heavy atom. The monoisotopic (exact) mass is 525 g/mol. The number of aromatic nitrogens is 6. The third-order valence-electron chi connectivity index (χ3n) is 5.76. The molecule has 2 aromatic carbocycles. The van der Waals surface area contributed by atoms with Gasteiger partial charge in [-0.3, -0.25) is 4.79 Å². The number of nitrogens with two attached hydrogens (primary N) is 1. The summed E-state index contributed by atoms with van der Waals surface area (Å²) in [6.45, 7) is 2.11. The summed E-state index contributed by atoms with van der Waals surface area (Å²) in [5, 5.41) is 14.9. The number of benzene rings is 2. The van der Waals surface area contributed by atoms with Crippen molar-refractivity contribution in [2.75, 3.05) is 5.75 Å². The van der Waals surface area contributed by atoms with Gasteiger partial charge in [-0.25, -0.2) is 4.98 Å². The lowest BCUT2D eigenvalue weighted by Crippen LogP contribution is -2.35. The van der Waals surface area contributed by atoms with Gasteiger partial charge in [0.15, 0.2) is 5.15 Å². The summed E-state index contributed by atoms with van der Waals surface area (Å²) < 4.78 is 5.82. The summed E-state index contributed by atoms with van der Waals surface area (Å²) in [5.74, 6) is 0.818. The van der Waals surface area contributed by atoms with Crippen molar-refractivity contribution in [2.24, 2.45) is 5.73 Å². The molecule has 0 unspecified atom stereocenters. The summed E-state index contributed by atoms with van der Waals surface area (Å²) >= 11 is 10.6. The first-order valence-corrected chi connectivity index (χ1v) is 12.7. The van der Waals surface area contributed by atoms with Crippen molar-refractivity contribution in [2.45, 2.75) is 44.8 Å². The largest absolute Gasteiger partial charge is 0.454 e. The predicted octanol–water partition coefficient (Wildman–Crippen LogP) is 4.34. The predicted molar refractivity (Wildman–Crippen MR) is 142 cm³/mol. The topological polar surface area (TPSA) is 135 Å². The van der Waals surface area contributed by atoms with E-state index in [0.717, 1.165) is 47.3 Å². The van der Waals surface area contributed by atoms with Gasteiger partial charge in [-0.1, -0.05) is 67.4 Å². The molecule has 4 N–H and O–H groups in total. The molecule has 0 aliphatic heterocycles. The highest BCUT2D eigenvalue weighted by molar-refractivity contribution is 7.80. The number of unbranched alkanes of at least 4 members (excludes halogenated alkanes) is 1. The zero-order valence-corrected chi connectivity index (χ0v) is 21.5. The minimum Gasteiger partial charge on any atom is -0.454 e. The van der Waals surface area contributed by atoms with Gasteiger partial charge in [-0.15, -0.1) is 10.2 Å². The van der Waals surface area contributed by atoms with Gasteiger partial charge in [0.05, 0.1) is 5.69 Å². The van der Waals surface area contributed by atoms with E-state index in [9.17, 15) is 4.79 Å². The summed E-state index contributed by atoms with van der Waals surface area (Å²) in [6.07, 6.45) is 2.35. The third-order valence-corrected chi connectivity index (χ3v) is 6.44. The normalized spacial score (nSPS) is 12.9. The summed E-state index contributed by atoms with van der Waals surface area (Å²) in [4.78, 5) is 20.3. The van der Waals surface area contributed by atoms with Crippen molar-refractivity contribution in [3.8, 4) is 22.5 Å². The number of imidazole rings is 1. The van der Waals surface area contributed by atoms with Gasteiger partial charge < -0.3 is 15.5 Å². The first-order valence-electron chi connectivity index (χ1n) is 11.7. The molecule has 11 heteroatoms. The molecule has 0 bridgehead atoms. The number of tetrazole rings is 1. The summed E-state index contributed by atoms with van der Waals surface area (Å²) in [6, 6.07) is 15.0. The Morgan fingerprint density at radius 3 is 2.69 bits per heavy atom. The second kappa shape index (κ2) is 12.2. The van der Waals surface area contributed by atoms with Crippen LogP contribution in [0.3, 0.4) is 0 Å². The van der Waals surface area contributed by atoms with Crippen LogP contribution in [-0.2, 0) is 22.4 Å². The number of hydrogen-bond acceptors (Lipinski definition) is 8. The van der Waals surface area contributed by atoms with E-state index in [1.807, 2.05) is 48.5 Å². The van der Waals surface area contributed by atoms with Crippen molar-refractivity contribution in [3.05, 3.63) is 70.8 Å². The number of hydrogen-bond donors (Lipinski definition) is 4. The fourth-order valence-corrected chi connectivity index (χ4v) is 4.28. The molecule has 0 aliphatic rings. The van der Waals surface area contributed by atoms with E-state index in [0.29, 0.717) is 17.9 Å². The second-order valence-corrected chi connectivity index (χ2v) is 9.11. The number of nitrogens with one attached hydrogen (secondary N) is 2. The number of nitrogens with zero attached hydrogens (tertiary/aromatic N) is 4. The molecule has 0 saturated carbocycles. The number of aryl methyl sites for hydroxylation is 1. The van der Waals surface area contributed by atoms with Crippen LogP contribution in [0, 0.1) is 0 Å². The SMILES string of the molecule is CCCCc1nc(Cl)c([C@@H](Cc2ccc(-c3ccccc3)c(-c3nn[nH]n3)c2)OC(=O)[C@@H](N)CS)[nH]1. The number of rotatable bonds is 11. The van der Waals surface area contributed by atoms with Gasteiger partial charge in [0.2, 0.25) is 5.82 Å². The Balaban J connectivity index is 1.70. The van der Waals surface area contributed by atoms with E-state index >= 15 is 0 Å². The van der Waals surface area contributed by atoms with Gasteiger partial charge in [-0.2, -0.15) is 17.8 Å². The van der Waals surface area contributed by atoms with Crippen molar-refractivity contribution >= 4 is 30.2 Å². The summed E-state index contributed by atoms with van der Waals surface area (Å²) in [5.41, 5.74) is 10.1. The second-order valence-electron chi connectivity index (χ2n) is 8.39. The van der Waals surface area contributed by atoms with E-state index in [-0.39, 0.29) is 10.9 Å². The Bertz CT molecular complexity index is 1280.